The molecule has 2 heterocycles. The Balaban J connectivity index is 1.80. The van der Waals surface area contributed by atoms with E-state index in [9.17, 15) is 14.0 Å². The highest BCUT2D eigenvalue weighted by Gasteiger charge is 2.42. The van der Waals surface area contributed by atoms with Crippen LogP contribution in [0.4, 0.5) is 4.39 Å². The number of carbonyl (C=O) groups excluding carboxylic acids is 2. The third kappa shape index (κ3) is 3.60. The number of ether oxygens (including phenoxy) is 2. The number of hydrogen-bond donors (Lipinski definition) is 0. The fraction of sp³-hybridized carbons (Fsp3) is 0.278. The minimum Gasteiger partial charge on any atom is -0.485 e. The van der Waals surface area contributed by atoms with Crippen molar-refractivity contribution in [3.05, 3.63) is 60.2 Å². The molecule has 25 heavy (non-hydrogen) atoms. The number of rotatable bonds is 4. The Morgan fingerprint density at radius 2 is 2.04 bits per heavy atom. The number of esters is 1. The molecule has 0 radical (unpaired) electrons. The first-order chi connectivity index (χ1) is 12.1. The van der Waals surface area contributed by atoms with E-state index in [1.165, 1.54) is 30.3 Å². The summed E-state index contributed by atoms with van der Waals surface area (Å²) in [4.78, 5) is 30.1. The van der Waals surface area contributed by atoms with Gasteiger partial charge in [-0.05, 0) is 24.3 Å². The molecule has 0 saturated carbocycles. The molecule has 0 bridgehead atoms. The molecular weight excluding hydrogens is 327 g/mol. The van der Waals surface area contributed by atoms with E-state index >= 15 is 0 Å². The molecule has 130 valence electrons. The van der Waals surface area contributed by atoms with E-state index in [4.69, 9.17) is 9.47 Å². The van der Waals surface area contributed by atoms with Crippen molar-refractivity contribution in [3.8, 4) is 5.75 Å². The van der Waals surface area contributed by atoms with E-state index in [0.717, 1.165) is 0 Å². The van der Waals surface area contributed by atoms with Crippen LogP contribution in [0.5, 0.6) is 5.75 Å². The smallest absolute Gasteiger partial charge is 0.328 e. The van der Waals surface area contributed by atoms with Crippen molar-refractivity contribution in [2.75, 3.05) is 13.7 Å². The molecular formula is C18H17FN2O4. The summed E-state index contributed by atoms with van der Waals surface area (Å²) in [6.45, 7) is 0.155. The molecule has 1 aromatic carbocycles. The molecule has 0 spiro atoms. The molecule has 1 aliphatic rings. The van der Waals surface area contributed by atoms with E-state index in [1.807, 2.05) is 0 Å². The highest BCUT2D eigenvalue weighted by atomic mass is 19.1. The van der Waals surface area contributed by atoms with Gasteiger partial charge in [-0.3, -0.25) is 9.78 Å². The highest BCUT2D eigenvalue weighted by Crippen LogP contribution is 2.26. The lowest BCUT2D eigenvalue weighted by atomic mass is 10.2. The summed E-state index contributed by atoms with van der Waals surface area (Å²) in [5.41, 5.74) is 0.364. The minimum atomic E-state index is -0.783. The van der Waals surface area contributed by atoms with Crippen molar-refractivity contribution in [3.63, 3.8) is 0 Å². The van der Waals surface area contributed by atoms with Crippen LogP contribution in [0.25, 0.3) is 0 Å². The van der Waals surface area contributed by atoms with Crippen LogP contribution in [0, 0.1) is 5.82 Å². The molecule has 1 aromatic heterocycles. The Morgan fingerprint density at radius 3 is 2.72 bits per heavy atom. The van der Waals surface area contributed by atoms with Gasteiger partial charge in [-0.2, -0.15) is 0 Å². The Labute approximate surface area is 144 Å². The number of pyridine rings is 1. The lowest BCUT2D eigenvalue weighted by Crippen LogP contribution is -2.41. The molecule has 2 atom stereocenters. The van der Waals surface area contributed by atoms with Crippen molar-refractivity contribution in [2.45, 2.75) is 18.6 Å². The zero-order valence-corrected chi connectivity index (χ0v) is 13.6. The van der Waals surface area contributed by atoms with Gasteiger partial charge >= 0.3 is 5.97 Å². The Kier molecular flexibility index (Phi) is 4.92. The third-order valence-electron chi connectivity index (χ3n) is 4.04. The average molecular weight is 344 g/mol. The summed E-state index contributed by atoms with van der Waals surface area (Å²) >= 11 is 0. The van der Waals surface area contributed by atoms with Gasteiger partial charge in [-0.15, -0.1) is 0 Å². The van der Waals surface area contributed by atoms with Gasteiger partial charge in [0, 0.05) is 18.8 Å². The van der Waals surface area contributed by atoms with Gasteiger partial charge in [0.1, 0.15) is 12.1 Å². The molecule has 3 rings (SSSR count). The summed E-state index contributed by atoms with van der Waals surface area (Å²) in [6.07, 6.45) is 2.71. The number of amides is 1. The second kappa shape index (κ2) is 7.29. The summed E-state index contributed by atoms with van der Waals surface area (Å²) in [6, 6.07) is 8.50. The number of para-hydroxylation sites is 1. The van der Waals surface area contributed by atoms with Crippen molar-refractivity contribution >= 4 is 11.9 Å². The molecule has 6 nitrogen and oxygen atoms in total. The van der Waals surface area contributed by atoms with Crippen molar-refractivity contribution in [1.82, 2.24) is 9.88 Å². The molecule has 1 fully saturated rings. The normalized spacial score (nSPS) is 19.5. The van der Waals surface area contributed by atoms with Crippen LogP contribution in [-0.2, 0) is 9.53 Å². The molecule has 0 N–H and O–H groups in total. The van der Waals surface area contributed by atoms with Crippen LogP contribution >= 0.6 is 0 Å². The van der Waals surface area contributed by atoms with Crippen LogP contribution in [-0.4, -0.2) is 47.6 Å². The predicted molar refractivity (Wildman–Crippen MR) is 86.5 cm³/mol. The number of likely N-dealkylation sites (tertiary alicyclic amines) is 1. The van der Waals surface area contributed by atoms with Crippen LogP contribution < -0.4 is 4.74 Å². The van der Waals surface area contributed by atoms with Gasteiger partial charge in [0.15, 0.2) is 11.6 Å². The molecule has 1 saturated heterocycles. The quantitative estimate of drug-likeness (QED) is 0.794. The van der Waals surface area contributed by atoms with Crippen LogP contribution in [0.1, 0.15) is 16.8 Å². The van der Waals surface area contributed by atoms with Crippen LogP contribution in [0.15, 0.2) is 48.8 Å². The Hall–Kier alpha value is -2.96. The predicted octanol–water partition coefficient (Wildman–Crippen LogP) is 2.06. The number of methoxy groups -OCH3 is 1. The molecule has 0 unspecified atom stereocenters. The Bertz CT molecular complexity index is 769. The van der Waals surface area contributed by atoms with E-state index in [-0.39, 0.29) is 24.6 Å². The third-order valence-corrected chi connectivity index (χ3v) is 4.04. The monoisotopic (exact) mass is 344 g/mol. The number of hydrogen-bond acceptors (Lipinski definition) is 5. The van der Waals surface area contributed by atoms with Crippen molar-refractivity contribution in [2.24, 2.45) is 0 Å². The number of nitrogens with zero attached hydrogens (tertiary/aromatic N) is 2. The number of carbonyl (C=O) groups is 2. The van der Waals surface area contributed by atoms with Gasteiger partial charge in [-0.25, -0.2) is 9.18 Å². The minimum absolute atomic E-state index is 0.0896. The van der Waals surface area contributed by atoms with Crippen molar-refractivity contribution in [1.29, 1.82) is 0 Å². The summed E-state index contributed by atoms with van der Waals surface area (Å²) in [5, 5.41) is 0. The largest absolute Gasteiger partial charge is 0.485 e. The lowest BCUT2D eigenvalue weighted by Gasteiger charge is -2.22. The summed E-state index contributed by atoms with van der Waals surface area (Å²) in [5.74, 6) is -1.28. The lowest BCUT2D eigenvalue weighted by molar-refractivity contribution is -0.145. The number of halogens is 1. The molecule has 1 aliphatic heterocycles. The van der Waals surface area contributed by atoms with Gasteiger partial charge in [0.2, 0.25) is 0 Å². The van der Waals surface area contributed by atoms with Crippen LogP contribution in [0.3, 0.4) is 0 Å². The molecule has 1 amide bonds. The molecule has 7 heteroatoms. The second-order valence-corrected chi connectivity index (χ2v) is 5.64. The van der Waals surface area contributed by atoms with Crippen molar-refractivity contribution < 1.29 is 23.5 Å². The zero-order chi connectivity index (χ0) is 17.8. The molecule has 2 aromatic rings. The number of aromatic nitrogens is 1. The Morgan fingerprint density at radius 1 is 1.24 bits per heavy atom. The number of benzene rings is 1. The van der Waals surface area contributed by atoms with Gasteiger partial charge in [0.25, 0.3) is 5.91 Å². The first-order valence-corrected chi connectivity index (χ1v) is 7.80. The first kappa shape index (κ1) is 16.9. The molecule has 0 aliphatic carbocycles. The SMILES string of the molecule is COC(=O)[C@@H]1C[C@@H](Oc2ccccc2F)CN1C(=O)c1cccnc1. The topological polar surface area (TPSA) is 68.7 Å². The summed E-state index contributed by atoms with van der Waals surface area (Å²) in [7, 11) is 1.26. The first-order valence-electron chi connectivity index (χ1n) is 7.80. The van der Waals surface area contributed by atoms with E-state index in [1.54, 1.807) is 30.5 Å². The average Bonchev–Trinajstić information content (AvgIpc) is 3.07. The van der Waals surface area contributed by atoms with Crippen LogP contribution in [0.2, 0.25) is 0 Å². The van der Waals surface area contributed by atoms with E-state index < -0.39 is 23.9 Å². The maximum Gasteiger partial charge on any atom is 0.328 e. The summed E-state index contributed by atoms with van der Waals surface area (Å²) < 4.78 is 24.2. The second-order valence-electron chi connectivity index (χ2n) is 5.64. The maximum absolute atomic E-state index is 13.8. The van der Waals surface area contributed by atoms with Gasteiger partial charge in [-0.1, -0.05) is 12.1 Å². The maximum atomic E-state index is 13.8. The van der Waals surface area contributed by atoms with Gasteiger partial charge in [0.05, 0.1) is 19.2 Å². The highest BCUT2D eigenvalue weighted by molar-refractivity contribution is 5.97. The van der Waals surface area contributed by atoms with E-state index in [2.05, 4.69) is 4.98 Å². The fourth-order valence-electron chi connectivity index (χ4n) is 2.84. The fourth-order valence-corrected chi connectivity index (χ4v) is 2.84. The van der Waals surface area contributed by atoms with Gasteiger partial charge < -0.3 is 14.4 Å². The standard InChI is InChI=1S/C18H17FN2O4/c1-24-18(23)15-9-13(25-16-7-3-2-6-14(16)19)11-21(15)17(22)12-5-4-8-20-10-12/h2-8,10,13,15H,9,11H2,1H3/t13-,15+/m1/s1. The van der Waals surface area contributed by atoms with E-state index in [0.29, 0.717) is 5.56 Å². The zero-order valence-electron chi connectivity index (χ0n) is 13.6.